The third-order valence-electron chi connectivity index (χ3n) is 2.21. The van der Waals surface area contributed by atoms with Crippen LogP contribution < -0.4 is 5.73 Å². The molecule has 88 valence electrons. The van der Waals surface area contributed by atoms with E-state index < -0.39 is 0 Å². The van der Waals surface area contributed by atoms with E-state index in [1.165, 1.54) is 0 Å². The lowest BCUT2D eigenvalue weighted by Crippen LogP contribution is -2.03. The summed E-state index contributed by atoms with van der Waals surface area (Å²) in [5, 5.41) is 1.65. The van der Waals surface area contributed by atoms with Crippen LogP contribution in [-0.4, -0.2) is 16.5 Å². The van der Waals surface area contributed by atoms with Crippen LogP contribution in [0, 0.1) is 0 Å². The lowest BCUT2D eigenvalue weighted by atomic mass is 10.1. The van der Waals surface area contributed by atoms with Crippen LogP contribution in [0.15, 0.2) is 46.7 Å². The average molecular weight is 266 g/mol. The summed E-state index contributed by atoms with van der Waals surface area (Å²) in [5.74, 6) is 0. The molecule has 0 amide bonds. The Morgan fingerprint density at radius 2 is 2.18 bits per heavy atom. The second-order valence-electron chi connectivity index (χ2n) is 3.44. The predicted octanol–water partition coefficient (Wildman–Crippen LogP) is 2.78. The maximum absolute atomic E-state index is 5.98. The van der Waals surface area contributed by atoms with E-state index in [9.17, 15) is 0 Å². The molecule has 3 nitrogen and oxygen atoms in total. The van der Waals surface area contributed by atoms with Gasteiger partial charge in [-0.1, -0.05) is 23.4 Å². The molecule has 1 aromatic heterocycles. The van der Waals surface area contributed by atoms with Gasteiger partial charge in [0.15, 0.2) is 0 Å². The molecule has 2 N–H and O–H groups in total. The Morgan fingerprint density at radius 3 is 2.88 bits per heavy atom. The smallest absolute Gasteiger partial charge is 0.116 e. The minimum Gasteiger partial charge on any atom is -0.330 e. The zero-order valence-corrected chi connectivity index (χ0v) is 10.7. The Labute approximate surface area is 109 Å². The van der Waals surface area contributed by atoms with E-state index in [0.29, 0.717) is 6.54 Å². The van der Waals surface area contributed by atoms with E-state index >= 15 is 0 Å². The molecule has 0 aliphatic heterocycles. The summed E-state index contributed by atoms with van der Waals surface area (Å²) in [4.78, 5) is 9.22. The Kier molecular flexibility index (Phi) is 4.36. The zero-order chi connectivity index (χ0) is 12.1. The van der Waals surface area contributed by atoms with Crippen molar-refractivity contribution in [2.24, 2.45) is 5.73 Å². The van der Waals surface area contributed by atoms with Gasteiger partial charge >= 0.3 is 0 Å². The van der Waals surface area contributed by atoms with Gasteiger partial charge in [-0.05, 0) is 42.8 Å². The Morgan fingerprint density at radius 1 is 1.29 bits per heavy atom. The number of nitrogens with zero attached hydrogens (tertiary/aromatic N) is 2. The minimum absolute atomic E-state index is 0.609. The molecule has 0 bridgehead atoms. The molecule has 0 unspecified atom stereocenters. The molecule has 2 rings (SSSR count). The van der Waals surface area contributed by atoms with Crippen molar-refractivity contribution in [1.82, 2.24) is 9.97 Å². The van der Waals surface area contributed by atoms with Crippen molar-refractivity contribution in [2.75, 3.05) is 6.54 Å². The number of halogens is 1. The molecule has 0 atom stereocenters. The van der Waals surface area contributed by atoms with Crippen molar-refractivity contribution in [1.29, 1.82) is 0 Å². The number of benzene rings is 1. The van der Waals surface area contributed by atoms with Gasteiger partial charge in [0.05, 0.1) is 0 Å². The summed E-state index contributed by atoms with van der Waals surface area (Å²) < 4.78 is 0. The maximum Gasteiger partial charge on any atom is 0.116 e. The highest BCUT2D eigenvalue weighted by Gasteiger charge is 2.05. The van der Waals surface area contributed by atoms with Crippen LogP contribution in [-0.2, 0) is 6.42 Å². The van der Waals surface area contributed by atoms with Crippen molar-refractivity contribution < 1.29 is 0 Å². The molecule has 0 spiro atoms. The molecule has 1 heterocycles. The van der Waals surface area contributed by atoms with Crippen LogP contribution in [0.3, 0.4) is 0 Å². The highest BCUT2D eigenvalue weighted by Crippen LogP contribution is 2.30. The first-order valence-corrected chi connectivity index (χ1v) is 6.41. The lowest BCUT2D eigenvalue weighted by Gasteiger charge is -2.08. The highest BCUT2D eigenvalue weighted by atomic mass is 35.5. The van der Waals surface area contributed by atoms with Gasteiger partial charge in [-0.15, -0.1) is 0 Å². The number of hydrogen-bond donors (Lipinski definition) is 1. The highest BCUT2D eigenvalue weighted by molar-refractivity contribution is 7.99. The second kappa shape index (κ2) is 6.00. The third kappa shape index (κ3) is 3.43. The van der Waals surface area contributed by atoms with Crippen molar-refractivity contribution in [3.8, 4) is 0 Å². The molecule has 0 saturated heterocycles. The summed E-state index contributed by atoms with van der Waals surface area (Å²) >= 11 is 7.58. The van der Waals surface area contributed by atoms with Crippen molar-refractivity contribution >= 4 is 23.4 Å². The quantitative estimate of drug-likeness (QED) is 0.864. The number of hydrogen-bond acceptors (Lipinski definition) is 4. The van der Waals surface area contributed by atoms with Gasteiger partial charge in [0.25, 0.3) is 0 Å². The SMILES string of the molecule is NCCc1cc(Cl)ccc1Sc1ccncn1. The molecule has 0 saturated carbocycles. The third-order valence-corrected chi connectivity index (χ3v) is 3.51. The fourth-order valence-electron chi connectivity index (χ4n) is 1.45. The molecule has 0 aliphatic rings. The Balaban J connectivity index is 2.26. The normalized spacial score (nSPS) is 10.5. The van der Waals surface area contributed by atoms with Gasteiger partial charge in [-0.25, -0.2) is 9.97 Å². The molecule has 0 aliphatic carbocycles. The van der Waals surface area contributed by atoms with E-state index in [4.69, 9.17) is 17.3 Å². The van der Waals surface area contributed by atoms with E-state index in [1.807, 2.05) is 24.3 Å². The molecular formula is C12H12ClN3S. The fourth-order valence-corrected chi connectivity index (χ4v) is 2.53. The number of nitrogens with two attached hydrogens (primary N) is 1. The summed E-state index contributed by atoms with van der Waals surface area (Å²) in [6.45, 7) is 0.609. The van der Waals surface area contributed by atoms with Gasteiger partial charge in [-0.3, -0.25) is 0 Å². The largest absolute Gasteiger partial charge is 0.330 e. The first kappa shape index (κ1) is 12.4. The lowest BCUT2D eigenvalue weighted by molar-refractivity contribution is 0.943. The first-order chi connectivity index (χ1) is 8.29. The van der Waals surface area contributed by atoms with E-state index in [0.717, 1.165) is 26.9 Å². The zero-order valence-electron chi connectivity index (χ0n) is 9.14. The van der Waals surface area contributed by atoms with Gasteiger partial charge in [0, 0.05) is 16.1 Å². The molecule has 5 heteroatoms. The standard InChI is InChI=1S/C12H12ClN3S/c13-10-1-2-11(9(7-10)3-5-14)17-12-4-6-15-8-16-12/h1-2,4,6-8H,3,5,14H2. The summed E-state index contributed by atoms with van der Waals surface area (Å²) in [5.41, 5.74) is 6.75. The van der Waals surface area contributed by atoms with Crippen LogP contribution in [0.5, 0.6) is 0 Å². The number of aromatic nitrogens is 2. The monoisotopic (exact) mass is 265 g/mol. The average Bonchev–Trinajstić information content (AvgIpc) is 2.34. The van der Waals surface area contributed by atoms with Gasteiger partial charge in [0.1, 0.15) is 11.4 Å². The first-order valence-electron chi connectivity index (χ1n) is 5.22. The van der Waals surface area contributed by atoms with Crippen LogP contribution in [0.2, 0.25) is 5.02 Å². The van der Waals surface area contributed by atoms with E-state index in [-0.39, 0.29) is 0 Å². The van der Waals surface area contributed by atoms with Crippen molar-refractivity contribution in [2.45, 2.75) is 16.3 Å². The summed E-state index contributed by atoms with van der Waals surface area (Å²) in [6.07, 6.45) is 4.09. The molecule has 0 fully saturated rings. The van der Waals surface area contributed by atoms with E-state index in [1.54, 1.807) is 24.3 Å². The van der Waals surface area contributed by atoms with Gasteiger partial charge in [-0.2, -0.15) is 0 Å². The second-order valence-corrected chi connectivity index (χ2v) is 4.94. The van der Waals surface area contributed by atoms with Crippen LogP contribution >= 0.6 is 23.4 Å². The molecule has 0 radical (unpaired) electrons. The molecular weight excluding hydrogens is 254 g/mol. The van der Waals surface area contributed by atoms with E-state index in [2.05, 4.69) is 9.97 Å². The topological polar surface area (TPSA) is 51.8 Å². The van der Waals surface area contributed by atoms with Crippen LogP contribution in [0.4, 0.5) is 0 Å². The number of rotatable bonds is 4. The Hall–Kier alpha value is -1.10. The van der Waals surface area contributed by atoms with Crippen LogP contribution in [0.25, 0.3) is 0 Å². The maximum atomic E-state index is 5.98. The fraction of sp³-hybridized carbons (Fsp3) is 0.167. The van der Waals surface area contributed by atoms with Gasteiger partial charge < -0.3 is 5.73 Å². The molecule has 1 aromatic carbocycles. The summed E-state index contributed by atoms with van der Waals surface area (Å²) in [7, 11) is 0. The van der Waals surface area contributed by atoms with Gasteiger partial charge in [0.2, 0.25) is 0 Å². The molecule has 2 aromatic rings. The van der Waals surface area contributed by atoms with Crippen molar-refractivity contribution in [3.05, 3.63) is 47.4 Å². The predicted molar refractivity (Wildman–Crippen MR) is 70.4 cm³/mol. The summed E-state index contributed by atoms with van der Waals surface area (Å²) in [6, 6.07) is 7.72. The Bertz CT molecular complexity index is 490. The van der Waals surface area contributed by atoms with Crippen molar-refractivity contribution in [3.63, 3.8) is 0 Å². The minimum atomic E-state index is 0.609. The van der Waals surface area contributed by atoms with Crippen LogP contribution in [0.1, 0.15) is 5.56 Å². The molecule has 17 heavy (non-hydrogen) atoms.